The first-order chi connectivity index (χ1) is 8.48. The number of hydrogen-bond donors (Lipinski definition) is 0. The van der Waals surface area contributed by atoms with Crippen molar-refractivity contribution >= 4 is 5.97 Å². The monoisotopic (exact) mass is 246 g/mol. The lowest BCUT2D eigenvalue weighted by molar-refractivity contribution is -0.153. The number of ether oxygens (including phenoxy) is 1. The van der Waals surface area contributed by atoms with Crippen LogP contribution in [0.5, 0.6) is 0 Å². The summed E-state index contributed by atoms with van der Waals surface area (Å²) in [7, 11) is 0. The van der Waals surface area contributed by atoms with Gasteiger partial charge in [0, 0.05) is 5.92 Å². The fourth-order valence-electron chi connectivity index (χ4n) is 2.33. The first-order valence-corrected chi connectivity index (χ1v) is 6.72. The van der Waals surface area contributed by atoms with Crippen molar-refractivity contribution in [2.24, 2.45) is 11.3 Å². The van der Waals surface area contributed by atoms with E-state index in [9.17, 15) is 4.79 Å². The number of rotatable bonds is 2. The van der Waals surface area contributed by atoms with Gasteiger partial charge in [-0.2, -0.15) is 0 Å². The van der Waals surface area contributed by atoms with Crippen LogP contribution in [-0.2, 0) is 9.53 Å². The van der Waals surface area contributed by atoms with Gasteiger partial charge in [-0.3, -0.25) is 4.79 Å². The lowest BCUT2D eigenvalue weighted by atomic mass is 9.83. The Morgan fingerprint density at radius 1 is 1.33 bits per heavy atom. The van der Waals surface area contributed by atoms with Crippen LogP contribution in [0.15, 0.2) is 35.5 Å². The molecule has 2 heteroatoms. The Hall–Kier alpha value is -1.31. The van der Waals surface area contributed by atoms with E-state index >= 15 is 0 Å². The molecular formula is C16H22O2. The Labute approximate surface area is 109 Å². The number of carbonyl (C=O) groups is 1. The van der Waals surface area contributed by atoms with E-state index < -0.39 is 5.41 Å². The SMILES string of the molecule is CC(C)(C)C(=O)OCC1CC=CC2=C1C=CCC2. The molecule has 0 aliphatic heterocycles. The Bertz CT molecular complexity index is 419. The highest BCUT2D eigenvalue weighted by atomic mass is 16.5. The van der Waals surface area contributed by atoms with Crippen LogP contribution >= 0.6 is 0 Å². The summed E-state index contributed by atoms with van der Waals surface area (Å²) in [5, 5.41) is 0. The van der Waals surface area contributed by atoms with Gasteiger partial charge in [0.25, 0.3) is 0 Å². The number of carbonyl (C=O) groups excluding carboxylic acids is 1. The van der Waals surface area contributed by atoms with Gasteiger partial charge in [-0.05, 0) is 51.2 Å². The van der Waals surface area contributed by atoms with Gasteiger partial charge in [0.1, 0.15) is 0 Å². The average molecular weight is 246 g/mol. The smallest absolute Gasteiger partial charge is 0.311 e. The van der Waals surface area contributed by atoms with Gasteiger partial charge < -0.3 is 4.74 Å². The van der Waals surface area contributed by atoms with Crippen LogP contribution in [0.1, 0.15) is 40.0 Å². The van der Waals surface area contributed by atoms with E-state index in [0.717, 1.165) is 19.3 Å². The van der Waals surface area contributed by atoms with E-state index in [0.29, 0.717) is 12.5 Å². The van der Waals surface area contributed by atoms with Gasteiger partial charge in [-0.1, -0.05) is 24.3 Å². The molecule has 0 amide bonds. The van der Waals surface area contributed by atoms with Crippen LogP contribution in [0, 0.1) is 11.3 Å². The van der Waals surface area contributed by atoms with Gasteiger partial charge >= 0.3 is 5.97 Å². The molecule has 0 saturated heterocycles. The third-order valence-electron chi connectivity index (χ3n) is 3.46. The molecule has 0 saturated carbocycles. The molecule has 0 aromatic heterocycles. The topological polar surface area (TPSA) is 26.3 Å². The van der Waals surface area contributed by atoms with Crippen LogP contribution < -0.4 is 0 Å². The van der Waals surface area contributed by atoms with Crippen molar-refractivity contribution in [3.63, 3.8) is 0 Å². The summed E-state index contributed by atoms with van der Waals surface area (Å²) >= 11 is 0. The van der Waals surface area contributed by atoms with Crippen molar-refractivity contribution in [2.45, 2.75) is 40.0 Å². The summed E-state index contributed by atoms with van der Waals surface area (Å²) in [6, 6.07) is 0. The maximum Gasteiger partial charge on any atom is 0.311 e. The van der Waals surface area contributed by atoms with Crippen LogP contribution in [0.25, 0.3) is 0 Å². The zero-order valence-corrected chi connectivity index (χ0v) is 11.5. The lowest BCUT2D eigenvalue weighted by Crippen LogP contribution is -2.26. The molecule has 18 heavy (non-hydrogen) atoms. The standard InChI is InChI=1S/C16H22O2/c1-16(2,3)15(17)18-11-13-9-6-8-12-7-4-5-10-14(12)13/h5-6,8,10,13H,4,7,9,11H2,1-3H3. The Morgan fingerprint density at radius 3 is 2.83 bits per heavy atom. The molecule has 0 N–H and O–H groups in total. The van der Waals surface area contributed by atoms with Gasteiger partial charge in [0.2, 0.25) is 0 Å². The van der Waals surface area contributed by atoms with Crippen molar-refractivity contribution in [1.82, 2.24) is 0 Å². The summed E-state index contributed by atoms with van der Waals surface area (Å²) in [6.45, 7) is 6.17. The quantitative estimate of drug-likeness (QED) is 0.693. The second kappa shape index (κ2) is 5.13. The number of allylic oxidation sites excluding steroid dienone is 5. The fraction of sp³-hybridized carbons (Fsp3) is 0.562. The van der Waals surface area contributed by atoms with Gasteiger partial charge in [0.05, 0.1) is 12.0 Å². The zero-order valence-electron chi connectivity index (χ0n) is 11.5. The fourth-order valence-corrected chi connectivity index (χ4v) is 2.33. The highest BCUT2D eigenvalue weighted by molar-refractivity contribution is 5.75. The molecule has 0 aromatic rings. The predicted molar refractivity (Wildman–Crippen MR) is 73.1 cm³/mol. The minimum Gasteiger partial charge on any atom is -0.465 e. The summed E-state index contributed by atoms with van der Waals surface area (Å²) in [4.78, 5) is 11.8. The van der Waals surface area contributed by atoms with Crippen LogP contribution in [0.3, 0.4) is 0 Å². The average Bonchev–Trinajstić information content (AvgIpc) is 2.34. The van der Waals surface area contributed by atoms with Gasteiger partial charge in [-0.25, -0.2) is 0 Å². The third-order valence-corrected chi connectivity index (χ3v) is 3.46. The second-order valence-corrected chi connectivity index (χ2v) is 6.11. The molecule has 2 rings (SSSR count). The second-order valence-electron chi connectivity index (χ2n) is 6.11. The molecule has 0 fully saturated rings. The first kappa shape index (κ1) is 13.1. The van der Waals surface area contributed by atoms with Crippen molar-refractivity contribution in [2.75, 3.05) is 6.61 Å². The number of esters is 1. The molecule has 0 spiro atoms. The first-order valence-electron chi connectivity index (χ1n) is 6.72. The highest BCUT2D eigenvalue weighted by Crippen LogP contribution is 2.32. The van der Waals surface area contributed by atoms with E-state index in [1.807, 2.05) is 20.8 Å². The lowest BCUT2D eigenvalue weighted by Gasteiger charge is -2.26. The zero-order chi connectivity index (χ0) is 13.2. The van der Waals surface area contributed by atoms with E-state index in [4.69, 9.17) is 4.74 Å². The molecule has 0 bridgehead atoms. The summed E-state index contributed by atoms with van der Waals surface area (Å²) in [6.07, 6.45) is 12.1. The maximum absolute atomic E-state index is 11.8. The van der Waals surface area contributed by atoms with E-state index in [1.165, 1.54) is 11.1 Å². The molecular weight excluding hydrogens is 224 g/mol. The molecule has 0 radical (unpaired) electrons. The van der Waals surface area contributed by atoms with Crippen molar-refractivity contribution in [1.29, 1.82) is 0 Å². The van der Waals surface area contributed by atoms with Crippen LogP contribution in [-0.4, -0.2) is 12.6 Å². The predicted octanol–water partition coefficient (Wildman–Crippen LogP) is 3.80. The molecule has 98 valence electrons. The summed E-state index contributed by atoms with van der Waals surface area (Å²) < 4.78 is 5.45. The molecule has 2 nitrogen and oxygen atoms in total. The molecule has 0 aromatic carbocycles. The van der Waals surface area contributed by atoms with Gasteiger partial charge in [0.15, 0.2) is 0 Å². The van der Waals surface area contributed by atoms with Crippen molar-refractivity contribution in [3.8, 4) is 0 Å². The van der Waals surface area contributed by atoms with E-state index in [-0.39, 0.29) is 5.97 Å². The normalized spacial score (nSPS) is 22.9. The van der Waals surface area contributed by atoms with E-state index in [2.05, 4.69) is 24.3 Å². The molecule has 1 atom stereocenters. The molecule has 2 aliphatic rings. The number of hydrogen-bond acceptors (Lipinski definition) is 2. The maximum atomic E-state index is 11.8. The third kappa shape index (κ3) is 2.92. The Kier molecular flexibility index (Phi) is 3.74. The summed E-state index contributed by atoms with van der Waals surface area (Å²) in [5.74, 6) is 0.229. The highest BCUT2D eigenvalue weighted by Gasteiger charge is 2.26. The Morgan fingerprint density at radius 2 is 2.11 bits per heavy atom. The largest absolute Gasteiger partial charge is 0.465 e. The minimum atomic E-state index is -0.413. The van der Waals surface area contributed by atoms with Gasteiger partial charge in [-0.15, -0.1) is 0 Å². The summed E-state index contributed by atoms with van der Waals surface area (Å²) in [5.41, 5.74) is 2.37. The van der Waals surface area contributed by atoms with Crippen molar-refractivity contribution < 1.29 is 9.53 Å². The van der Waals surface area contributed by atoms with Crippen LogP contribution in [0.4, 0.5) is 0 Å². The van der Waals surface area contributed by atoms with Crippen molar-refractivity contribution in [3.05, 3.63) is 35.5 Å². The van der Waals surface area contributed by atoms with Crippen LogP contribution in [0.2, 0.25) is 0 Å². The molecule has 0 heterocycles. The minimum absolute atomic E-state index is 0.112. The van der Waals surface area contributed by atoms with E-state index in [1.54, 1.807) is 0 Å². The molecule has 2 aliphatic carbocycles. The molecule has 1 unspecified atom stereocenters. The Balaban J connectivity index is 1.99.